The number of aliphatic hydroxyl groups is 1. The lowest BCUT2D eigenvalue weighted by molar-refractivity contribution is 0.245. The summed E-state index contributed by atoms with van der Waals surface area (Å²) in [5.74, 6) is 1.80. The molecule has 114 valence electrons. The van der Waals surface area contributed by atoms with Gasteiger partial charge in [0.15, 0.2) is 5.96 Å². The first-order valence-electron chi connectivity index (χ1n) is 7.29. The lowest BCUT2D eigenvalue weighted by Crippen LogP contribution is -2.41. The van der Waals surface area contributed by atoms with Crippen molar-refractivity contribution in [2.24, 2.45) is 22.6 Å². The Morgan fingerprint density at radius 3 is 2.42 bits per heavy atom. The SMILES string of the molecule is CC(C)CC(CCO)CN=C(N)N1CCCCC1.I. The average molecular weight is 383 g/mol. The Hall–Kier alpha value is -0.0400. The minimum Gasteiger partial charge on any atom is -0.396 e. The van der Waals surface area contributed by atoms with Crippen molar-refractivity contribution in [1.82, 2.24) is 4.90 Å². The molecule has 0 amide bonds. The van der Waals surface area contributed by atoms with Gasteiger partial charge in [-0.15, -0.1) is 24.0 Å². The molecule has 0 bridgehead atoms. The number of rotatable bonds is 6. The molecule has 0 aromatic carbocycles. The summed E-state index contributed by atoms with van der Waals surface area (Å²) in [7, 11) is 0. The molecule has 1 aliphatic rings. The highest BCUT2D eigenvalue weighted by Gasteiger charge is 2.14. The Morgan fingerprint density at radius 1 is 1.26 bits per heavy atom. The van der Waals surface area contributed by atoms with E-state index in [1.807, 2.05) is 0 Å². The van der Waals surface area contributed by atoms with E-state index < -0.39 is 0 Å². The summed E-state index contributed by atoms with van der Waals surface area (Å²) in [4.78, 5) is 6.72. The number of nitrogens with zero attached hydrogens (tertiary/aromatic N) is 2. The summed E-state index contributed by atoms with van der Waals surface area (Å²) in [5.41, 5.74) is 6.04. The molecule has 5 heteroatoms. The van der Waals surface area contributed by atoms with Crippen LogP contribution >= 0.6 is 24.0 Å². The second kappa shape index (κ2) is 10.7. The molecule has 1 unspecified atom stereocenters. The van der Waals surface area contributed by atoms with Crippen molar-refractivity contribution in [2.45, 2.75) is 46.0 Å². The molecule has 1 heterocycles. The van der Waals surface area contributed by atoms with Crippen LogP contribution in [0.4, 0.5) is 0 Å². The molecule has 0 saturated carbocycles. The molecule has 1 saturated heterocycles. The Bertz CT molecular complexity index is 253. The maximum atomic E-state index is 9.07. The predicted molar refractivity (Wildman–Crippen MR) is 92.0 cm³/mol. The molecule has 1 fully saturated rings. The van der Waals surface area contributed by atoms with Gasteiger partial charge in [-0.3, -0.25) is 4.99 Å². The largest absolute Gasteiger partial charge is 0.396 e. The summed E-state index contributed by atoms with van der Waals surface area (Å²) in [6.07, 6.45) is 5.70. The monoisotopic (exact) mass is 383 g/mol. The Labute approximate surface area is 134 Å². The van der Waals surface area contributed by atoms with Crippen molar-refractivity contribution in [1.29, 1.82) is 0 Å². The molecule has 1 atom stereocenters. The topological polar surface area (TPSA) is 61.9 Å². The number of aliphatic hydroxyl groups excluding tert-OH is 1. The van der Waals surface area contributed by atoms with E-state index in [2.05, 4.69) is 23.7 Å². The van der Waals surface area contributed by atoms with Gasteiger partial charge in [0.25, 0.3) is 0 Å². The van der Waals surface area contributed by atoms with E-state index in [1.54, 1.807) is 0 Å². The van der Waals surface area contributed by atoms with Crippen molar-refractivity contribution in [2.75, 3.05) is 26.2 Å². The van der Waals surface area contributed by atoms with Gasteiger partial charge in [-0.25, -0.2) is 0 Å². The smallest absolute Gasteiger partial charge is 0.191 e. The minimum absolute atomic E-state index is 0. The second-order valence-corrected chi connectivity index (χ2v) is 5.75. The van der Waals surface area contributed by atoms with Crippen LogP contribution in [0.25, 0.3) is 0 Å². The molecule has 0 radical (unpaired) electrons. The maximum absolute atomic E-state index is 9.07. The third-order valence-corrected chi connectivity index (χ3v) is 3.53. The van der Waals surface area contributed by atoms with Gasteiger partial charge in [0, 0.05) is 26.2 Å². The molecule has 0 aromatic rings. The first-order chi connectivity index (χ1) is 8.63. The third-order valence-electron chi connectivity index (χ3n) is 3.53. The van der Waals surface area contributed by atoms with Crippen LogP contribution in [-0.4, -0.2) is 42.2 Å². The van der Waals surface area contributed by atoms with Gasteiger partial charge in [0.1, 0.15) is 0 Å². The second-order valence-electron chi connectivity index (χ2n) is 5.75. The van der Waals surface area contributed by atoms with Gasteiger partial charge >= 0.3 is 0 Å². The van der Waals surface area contributed by atoms with Crippen molar-refractivity contribution < 1.29 is 5.11 Å². The van der Waals surface area contributed by atoms with Crippen LogP contribution in [-0.2, 0) is 0 Å². The number of hydrogen-bond donors (Lipinski definition) is 2. The fourth-order valence-electron chi connectivity index (χ4n) is 2.58. The molecule has 1 aliphatic heterocycles. The van der Waals surface area contributed by atoms with Crippen LogP contribution in [0.3, 0.4) is 0 Å². The maximum Gasteiger partial charge on any atom is 0.191 e. The molecule has 19 heavy (non-hydrogen) atoms. The van der Waals surface area contributed by atoms with Gasteiger partial charge in [-0.2, -0.15) is 0 Å². The van der Waals surface area contributed by atoms with Gasteiger partial charge in [0.05, 0.1) is 0 Å². The van der Waals surface area contributed by atoms with E-state index >= 15 is 0 Å². The number of halogens is 1. The normalized spacial score (nSPS) is 18.3. The molecule has 3 N–H and O–H groups in total. The van der Waals surface area contributed by atoms with Crippen LogP contribution in [0.2, 0.25) is 0 Å². The highest BCUT2D eigenvalue weighted by atomic mass is 127. The van der Waals surface area contributed by atoms with Crippen LogP contribution in [0.15, 0.2) is 4.99 Å². The van der Waals surface area contributed by atoms with E-state index in [-0.39, 0.29) is 30.6 Å². The summed E-state index contributed by atoms with van der Waals surface area (Å²) >= 11 is 0. The molecule has 0 aliphatic carbocycles. The fourth-order valence-corrected chi connectivity index (χ4v) is 2.58. The number of piperidine rings is 1. The lowest BCUT2D eigenvalue weighted by atomic mass is 9.94. The van der Waals surface area contributed by atoms with E-state index in [1.165, 1.54) is 19.3 Å². The highest BCUT2D eigenvalue weighted by Crippen LogP contribution is 2.16. The molecular weight excluding hydrogens is 353 g/mol. The predicted octanol–water partition coefficient (Wildman–Crippen LogP) is 2.45. The summed E-state index contributed by atoms with van der Waals surface area (Å²) in [6.45, 7) is 7.51. The number of guanidine groups is 1. The standard InChI is InChI=1S/C14H29N3O.HI/c1-12(2)10-13(6-9-18)11-16-14(15)17-7-4-3-5-8-17;/h12-13,18H,3-11H2,1-2H3,(H2,15,16);1H. The molecule has 0 aromatic heterocycles. The molecule has 4 nitrogen and oxygen atoms in total. The number of likely N-dealkylation sites (tertiary alicyclic amines) is 1. The quantitative estimate of drug-likeness (QED) is 0.421. The lowest BCUT2D eigenvalue weighted by Gasteiger charge is -2.28. The van der Waals surface area contributed by atoms with Gasteiger partial charge in [-0.05, 0) is 43.9 Å². The highest BCUT2D eigenvalue weighted by molar-refractivity contribution is 14.0. The van der Waals surface area contributed by atoms with E-state index in [4.69, 9.17) is 10.8 Å². The van der Waals surface area contributed by atoms with Gasteiger partial charge < -0.3 is 15.7 Å². The number of hydrogen-bond acceptors (Lipinski definition) is 2. The van der Waals surface area contributed by atoms with Crippen molar-refractivity contribution >= 4 is 29.9 Å². The molecular formula is C14H30IN3O. The minimum atomic E-state index is 0. The Kier molecular flexibility index (Phi) is 10.7. The van der Waals surface area contributed by atoms with Crippen molar-refractivity contribution in [3.8, 4) is 0 Å². The Morgan fingerprint density at radius 2 is 1.89 bits per heavy atom. The van der Waals surface area contributed by atoms with Gasteiger partial charge in [0.2, 0.25) is 0 Å². The van der Waals surface area contributed by atoms with Crippen LogP contribution in [0, 0.1) is 11.8 Å². The zero-order chi connectivity index (χ0) is 13.4. The number of aliphatic imine (C=N–C) groups is 1. The first kappa shape index (κ1) is 19.0. The third kappa shape index (κ3) is 7.97. The van der Waals surface area contributed by atoms with E-state index in [9.17, 15) is 0 Å². The van der Waals surface area contributed by atoms with Crippen LogP contribution in [0.5, 0.6) is 0 Å². The van der Waals surface area contributed by atoms with E-state index in [0.29, 0.717) is 17.8 Å². The Balaban J connectivity index is 0.00000324. The number of nitrogens with two attached hydrogens (primary N) is 1. The molecule has 1 rings (SSSR count). The summed E-state index contributed by atoms with van der Waals surface area (Å²) in [5, 5.41) is 9.07. The molecule has 0 spiro atoms. The van der Waals surface area contributed by atoms with E-state index in [0.717, 1.165) is 32.5 Å². The zero-order valence-electron chi connectivity index (χ0n) is 12.3. The fraction of sp³-hybridized carbons (Fsp3) is 0.929. The average Bonchev–Trinajstić information content (AvgIpc) is 2.36. The van der Waals surface area contributed by atoms with Crippen molar-refractivity contribution in [3.63, 3.8) is 0 Å². The first-order valence-corrected chi connectivity index (χ1v) is 7.29. The zero-order valence-corrected chi connectivity index (χ0v) is 14.7. The summed E-state index contributed by atoms with van der Waals surface area (Å²) in [6, 6.07) is 0. The van der Waals surface area contributed by atoms with Crippen molar-refractivity contribution in [3.05, 3.63) is 0 Å². The van der Waals surface area contributed by atoms with Crippen LogP contribution < -0.4 is 5.73 Å². The van der Waals surface area contributed by atoms with Crippen LogP contribution in [0.1, 0.15) is 46.0 Å². The van der Waals surface area contributed by atoms with Gasteiger partial charge in [-0.1, -0.05) is 13.8 Å². The summed E-state index contributed by atoms with van der Waals surface area (Å²) < 4.78 is 0.